The molecule has 12 heavy (non-hydrogen) atoms. The molecule has 5 nitrogen and oxygen atoms in total. The van der Waals surface area contributed by atoms with Crippen molar-refractivity contribution in [3.05, 3.63) is 12.2 Å². The van der Waals surface area contributed by atoms with E-state index in [1.165, 1.54) is 6.92 Å². The van der Waals surface area contributed by atoms with Crippen molar-refractivity contribution in [1.82, 2.24) is 5.32 Å². The molecule has 1 aliphatic rings. The molecule has 68 valence electrons. The molecule has 0 aliphatic carbocycles. The second-order valence-corrected chi connectivity index (χ2v) is 4.64. The fourth-order valence-electron chi connectivity index (χ4n) is 0.674. The van der Waals surface area contributed by atoms with E-state index in [-0.39, 0.29) is 6.61 Å². The maximum atomic E-state index is 10.9. The molecule has 0 aromatic carbocycles. The van der Waals surface area contributed by atoms with Crippen molar-refractivity contribution in [2.24, 2.45) is 0 Å². The number of nitrogens with one attached hydrogen (secondary N) is 1. The molecule has 0 radical (unpaired) electrons. The van der Waals surface area contributed by atoms with Gasteiger partial charge in [-0.2, -0.15) is 0 Å². The molecule has 0 aromatic rings. The largest absolute Gasteiger partial charge is 0.352 e. The Bertz CT molecular complexity index is 275. The third-order valence-electron chi connectivity index (χ3n) is 1.50. The fraction of sp³-hybridized carbons (Fsp3) is 0.500. The Hall–Kier alpha value is -0.640. The zero-order valence-electron chi connectivity index (χ0n) is 6.61. The van der Waals surface area contributed by atoms with Gasteiger partial charge in [0.25, 0.3) is 0 Å². The maximum Gasteiger partial charge on any atom is 0.352 e. The Kier molecular flexibility index (Phi) is 2.37. The molecular weight excluding hydrogens is 181 g/mol. The standard InChI is InChI=1S/C6H10NO4P/c1-4(2)6(8)7-5-3-11-12(5,9)10/h5H,1,3H2,2H3,(H,7,8)(H,9,10). The molecule has 1 heterocycles. The number of amides is 1. The summed E-state index contributed by atoms with van der Waals surface area (Å²) in [6.45, 7) is 5.01. The number of hydrogen-bond donors (Lipinski definition) is 2. The SMILES string of the molecule is C=C(C)C(=O)NC1COP1(=O)O. The summed E-state index contributed by atoms with van der Waals surface area (Å²) < 4.78 is 15.2. The highest BCUT2D eigenvalue weighted by Crippen LogP contribution is 2.54. The van der Waals surface area contributed by atoms with E-state index in [2.05, 4.69) is 16.4 Å². The van der Waals surface area contributed by atoms with Gasteiger partial charge in [0.15, 0.2) is 5.78 Å². The van der Waals surface area contributed by atoms with Gasteiger partial charge in [-0.05, 0) is 6.92 Å². The third kappa shape index (κ3) is 1.75. The summed E-state index contributed by atoms with van der Waals surface area (Å²) in [5.41, 5.74) is 0.307. The van der Waals surface area contributed by atoms with Crippen molar-refractivity contribution < 1.29 is 18.8 Å². The predicted octanol–water partition coefficient (Wildman–Crippen LogP) is 0.220. The monoisotopic (exact) mass is 191 g/mol. The highest BCUT2D eigenvalue weighted by atomic mass is 31.2. The molecule has 2 atom stereocenters. The number of carbonyl (C=O) groups is 1. The lowest BCUT2D eigenvalue weighted by Crippen LogP contribution is -2.44. The summed E-state index contributed by atoms with van der Waals surface area (Å²) in [4.78, 5) is 19.8. The van der Waals surface area contributed by atoms with E-state index in [0.717, 1.165) is 0 Å². The van der Waals surface area contributed by atoms with Crippen LogP contribution < -0.4 is 5.32 Å². The van der Waals surface area contributed by atoms with E-state index in [0.29, 0.717) is 5.57 Å². The number of carbonyl (C=O) groups excluding carboxylic acids is 1. The lowest BCUT2D eigenvalue weighted by Gasteiger charge is -2.31. The topological polar surface area (TPSA) is 75.6 Å². The zero-order valence-corrected chi connectivity index (χ0v) is 7.51. The third-order valence-corrected chi connectivity index (χ3v) is 3.08. The Labute approximate surface area is 70.0 Å². The van der Waals surface area contributed by atoms with E-state index in [1.807, 2.05) is 0 Å². The summed E-state index contributed by atoms with van der Waals surface area (Å²) in [7, 11) is -3.54. The second-order valence-electron chi connectivity index (χ2n) is 2.63. The Balaban J connectivity index is 2.49. The first kappa shape index (κ1) is 9.45. The van der Waals surface area contributed by atoms with Gasteiger partial charge in [0.2, 0.25) is 5.91 Å². The van der Waals surface area contributed by atoms with Crippen molar-refractivity contribution >= 4 is 13.5 Å². The van der Waals surface area contributed by atoms with Gasteiger partial charge in [0, 0.05) is 5.57 Å². The van der Waals surface area contributed by atoms with Crippen molar-refractivity contribution in [3.8, 4) is 0 Å². The van der Waals surface area contributed by atoms with Gasteiger partial charge in [-0.3, -0.25) is 9.36 Å². The Morgan fingerprint density at radius 2 is 2.42 bits per heavy atom. The summed E-state index contributed by atoms with van der Waals surface area (Å²) in [5.74, 6) is -1.18. The molecule has 2 unspecified atom stereocenters. The molecule has 1 fully saturated rings. The second kappa shape index (κ2) is 3.01. The van der Waals surface area contributed by atoms with Crippen LogP contribution in [0, 0.1) is 0 Å². The number of rotatable bonds is 2. The predicted molar refractivity (Wildman–Crippen MR) is 42.5 cm³/mol. The maximum absolute atomic E-state index is 10.9. The fourth-order valence-corrected chi connectivity index (χ4v) is 1.51. The van der Waals surface area contributed by atoms with Crippen molar-refractivity contribution in [3.63, 3.8) is 0 Å². The first-order chi connectivity index (χ1) is 5.43. The van der Waals surface area contributed by atoms with Gasteiger partial charge in [0.1, 0.15) is 0 Å². The Morgan fingerprint density at radius 1 is 1.83 bits per heavy atom. The van der Waals surface area contributed by atoms with Gasteiger partial charge >= 0.3 is 7.60 Å². The molecule has 0 spiro atoms. The van der Waals surface area contributed by atoms with Crippen LogP contribution in [0.25, 0.3) is 0 Å². The first-order valence-electron chi connectivity index (χ1n) is 3.37. The zero-order chi connectivity index (χ0) is 9.35. The number of hydrogen-bond acceptors (Lipinski definition) is 3. The quantitative estimate of drug-likeness (QED) is 0.483. The van der Waals surface area contributed by atoms with Crippen LogP contribution in [0.5, 0.6) is 0 Å². The normalized spacial score (nSPS) is 33.7. The van der Waals surface area contributed by atoms with Crippen LogP contribution in [0.1, 0.15) is 6.92 Å². The smallest absolute Gasteiger partial charge is 0.336 e. The minimum Gasteiger partial charge on any atom is -0.336 e. The van der Waals surface area contributed by atoms with E-state index >= 15 is 0 Å². The minimum absolute atomic E-state index is 0.0901. The average Bonchev–Trinajstić information content (AvgIpc) is 1.97. The summed E-state index contributed by atoms with van der Waals surface area (Å²) in [5, 5.41) is 2.33. The first-order valence-corrected chi connectivity index (χ1v) is 5.01. The van der Waals surface area contributed by atoms with Gasteiger partial charge in [-0.15, -0.1) is 0 Å². The van der Waals surface area contributed by atoms with Gasteiger partial charge in [-0.1, -0.05) is 6.58 Å². The summed E-state index contributed by atoms with van der Waals surface area (Å²) in [6, 6.07) is 0. The molecule has 1 aliphatic heterocycles. The van der Waals surface area contributed by atoms with Crippen molar-refractivity contribution in [1.29, 1.82) is 0 Å². The average molecular weight is 191 g/mol. The molecule has 2 N–H and O–H groups in total. The van der Waals surface area contributed by atoms with Crippen molar-refractivity contribution in [2.45, 2.75) is 12.7 Å². The molecule has 0 saturated carbocycles. The van der Waals surface area contributed by atoms with E-state index in [1.54, 1.807) is 0 Å². The van der Waals surface area contributed by atoms with E-state index < -0.39 is 19.3 Å². The minimum atomic E-state index is -3.54. The van der Waals surface area contributed by atoms with E-state index in [9.17, 15) is 9.36 Å². The molecule has 1 saturated heterocycles. The molecule has 1 rings (SSSR count). The molecule has 0 aromatic heterocycles. The lowest BCUT2D eigenvalue weighted by atomic mass is 10.3. The molecular formula is C6H10NO4P. The summed E-state index contributed by atoms with van der Waals surface area (Å²) >= 11 is 0. The van der Waals surface area contributed by atoms with Gasteiger partial charge < -0.3 is 14.7 Å². The van der Waals surface area contributed by atoms with Crippen LogP contribution in [-0.4, -0.2) is 23.2 Å². The van der Waals surface area contributed by atoms with Crippen LogP contribution in [0.2, 0.25) is 0 Å². The van der Waals surface area contributed by atoms with Gasteiger partial charge in [0.05, 0.1) is 6.61 Å². The van der Waals surface area contributed by atoms with Crippen LogP contribution >= 0.6 is 7.60 Å². The van der Waals surface area contributed by atoms with Crippen LogP contribution in [0.4, 0.5) is 0 Å². The molecule has 0 bridgehead atoms. The highest BCUT2D eigenvalue weighted by molar-refractivity contribution is 7.55. The van der Waals surface area contributed by atoms with E-state index in [4.69, 9.17) is 4.89 Å². The van der Waals surface area contributed by atoms with Gasteiger partial charge in [-0.25, -0.2) is 0 Å². The Morgan fingerprint density at radius 3 is 2.67 bits per heavy atom. The van der Waals surface area contributed by atoms with Crippen LogP contribution in [0.15, 0.2) is 12.2 Å². The highest BCUT2D eigenvalue weighted by Gasteiger charge is 2.43. The molecule has 1 amide bonds. The van der Waals surface area contributed by atoms with Crippen LogP contribution in [0.3, 0.4) is 0 Å². The summed E-state index contributed by atoms with van der Waals surface area (Å²) in [6.07, 6.45) is 0. The lowest BCUT2D eigenvalue weighted by molar-refractivity contribution is -0.118. The van der Waals surface area contributed by atoms with Crippen LogP contribution in [-0.2, 0) is 13.9 Å². The van der Waals surface area contributed by atoms with Crippen molar-refractivity contribution in [2.75, 3.05) is 6.61 Å². The molecule has 6 heteroatoms.